The normalized spacial score (nSPS) is 15.3. The van der Waals surface area contributed by atoms with Crippen molar-refractivity contribution in [3.8, 4) is 11.1 Å². The summed E-state index contributed by atoms with van der Waals surface area (Å²) in [6.07, 6.45) is 4.13. The predicted molar refractivity (Wildman–Crippen MR) is 111 cm³/mol. The lowest BCUT2D eigenvalue weighted by molar-refractivity contribution is 0.459. The second-order valence-electron chi connectivity index (χ2n) is 6.96. The number of halogens is 2. The van der Waals surface area contributed by atoms with Crippen molar-refractivity contribution < 1.29 is 4.39 Å². The lowest BCUT2D eigenvalue weighted by Crippen LogP contribution is -2.26. The molecule has 2 aromatic carbocycles. The quantitative estimate of drug-likeness (QED) is 0.519. The summed E-state index contributed by atoms with van der Waals surface area (Å²) in [4.78, 5) is 4.63. The van der Waals surface area contributed by atoms with Crippen molar-refractivity contribution in [3.05, 3.63) is 47.4 Å². The molecule has 4 aromatic rings. The molecule has 1 saturated heterocycles. The molecule has 7 heteroatoms. The lowest BCUT2D eigenvalue weighted by Gasteiger charge is -2.20. The molecule has 0 aliphatic carbocycles. The van der Waals surface area contributed by atoms with Crippen molar-refractivity contribution in [3.63, 3.8) is 0 Å². The summed E-state index contributed by atoms with van der Waals surface area (Å²) in [6, 6.07) is 9.73. The largest absolute Gasteiger partial charge is 0.317 e. The third-order valence-corrected chi connectivity index (χ3v) is 6.27. The average molecular weight is 403 g/mol. The van der Waals surface area contributed by atoms with Gasteiger partial charge in [-0.05, 0) is 61.3 Å². The van der Waals surface area contributed by atoms with E-state index in [2.05, 4.69) is 27.5 Å². The number of aryl methyl sites for hydroxylation is 1. The van der Waals surface area contributed by atoms with E-state index < -0.39 is 0 Å². The monoisotopic (exact) mass is 402 g/mol. The van der Waals surface area contributed by atoms with Crippen LogP contribution >= 0.6 is 23.7 Å². The van der Waals surface area contributed by atoms with Crippen molar-refractivity contribution >= 4 is 44.9 Å². The van der Waals surface area contributed by atoms with Gasteiger partial charge in [-0.2, -0.15) is 5.10 Å². The van der Waals surface area contributed by atoms with Gasteiger partial charge in [0.05, 0.1) is 15.2 Å². The van der Waals surface area contributed by atoms with Crippen LogP contribution in [-0.4, -0.2) is 27.9 Å². The van der Waals surface area contributed by atoms with E-state index in [1.54, 1.807) is 22.1 Å². The molecule has 0 spiro atoms. The Bertz CT molecular complexity index is 1110. The van der Waals surface area contributed by atoms with E-state index in [0.29, 0.717) is 11.4 Å². The highest BCUT2D eigenvalue weighted by Crippen LogP contribution is 2.36. The van der Waals surface area contributed by atoms with Crippen molar-refractivity contribution in [1.82, 2.24) is 20.1 Å². The van der Waals surface area contributed by atoms with Crippen molar-refractivity contribution in [2.45, 2.75) is 18.8 Å². The van der Waals surface area contributed by atoms with E-state index in [9.17, 15) is 4.39 Å². The third-order valence-electron chi connectivity index (χ3n) is 5.11. The highest BCUT2D eigenvalue weighted by atomic mass is 35.5. The molecule has 0 amide bonds. The number of hydrogen-bond acceptors (Lipinski definition) is 4. The van der Waals surface area contributed by atoms with Crippen LogP contribution in [0.2, 0.25) is 0 Å². The van der Waals surface area contributed by atoms with E-state index in [0.717, 1.165) is 57.7 Å². The van der Waals surface area contributed by atoms with Crippen LogP contribution in [0.4, 0.5) is 4.39 Å². The molecular weight excluding hydrogens is 383 g/mol. The Morgan fingerprint density at radius 3 is 2.78 bits per heavy atom. The molecular formula is C20H20ClFN4S. The van der Waals surface area contributed by atoms with Crippen LogP contribution in [0, 0.1) is 5.82 Å². The van der Waals surface area contributed by atoms with Gasteiger partial charge in [0.25, 0.3) is 0 Å². The Kier molecular flexibility index (Phi) is 4.88. The van der Waals surface area contributed by atoms with Crippen LogP contribution < -0.4 is 5.32 Å². The number of piperidine rings is 1. The van der Waals surface area contributed by atoms with Gasteiger partial charge in [0.1, 0.15) is 5.52 Å². The molecule has 1 aliphatic heterocycles. The second kappa shape index (κ2) is 7.19. The molecule has 0 bridgehead atoms. The summed E-state index contributed by atoms with van der Waals surface area (Å²) in [5, 5.41) is 9.90. The van der Waals surface area contributed by atoms with E-state index in [4.69, 9.17) is 0 Å². The molecule has 5 rings (SSSR count). The number of hydrogen-bond donors (Lipinski definition) is 1. The Morgan fingerprint density at radius 2 is 1.96 bits per heavy atom. The van der Waals surface area contributed by atoms with Crippen molar-refractivity contribution in [2.24, 2.45) is 7.05 Å². The number of rotatable bonds is 2. The summed E-state index contributed by atoms with van der Waals surface area (Å²) in [7, 11) is 1.91. The number of aromatic nitrogens is 3. The molecule has 140 valence electrons. The number of fused-ring (bicyclic) bond motifs is 2. The Balaban J connectivity index is 0.00000180. The minimum absolute atomic E-state index is 0. The second-order valence-corrected chi connectivity index (χ2v) is 8.02. The molecule has 4 nitrogen and oxygen atoms in total. The van der Waals surface area contributed by atoms with Crippen molar-refractivity contribution in [1.29, 1.82) is 0 Å². The zero-order valence-corrected chi connectivity index (χ0v) is 16.5. The first-order valence-electron chi connectivity index (χ1n) is 8.92. The molecule has 0 radical (unpaired) electrons. The van der Waals surface area contributed by atoms with E-state index in [-0.39, 0.29) is 18.2 Å². The number of thiazole rings is 1. The van der Waals surface area contributed by atoms with Crippen LogP contribution in [0.1, 0.15) is 23.8 Å². The summed E-state index contributed by atoms with van der Waals surface area (Å²) >= 11 is 1.64. The smallest absolute Gasteiger partial charge is 0.150 e. The summed E-state index contributed by atoms with van der Waals surface area (Å²) in [6.45, 7) is 2.03. The molecule has 1 aliphatic rings. The van der Waals surface area contributed by atoms with Gasteiger partial charge in [-0.15, -0.1) is 23.7 Å². The first kappa shape index (κ1) is 18.3. The Labute approximate surface area is 166 Å². The van der Waals surface area contributed by atoms with Gasteiger partial charge in [-0.1, -0.05) is 6.07 Å². The van der Waals surface area contributed by atoms with Gasteiger partial charge in [0, 0.05) is 24.5 Å². The SMILES string of the molecule is Cl.Cn1cc2cc(-c3cc(F)c4nc(C5CCNCC5)sc4c3)ccc2n1. The van der Waals surface area contributed by atoms with Crippen LogP contribution in [0.15, 0.2) is 36.5 Å². The summed E-state index contributed by atoms with van der Waals surface area (Å²) < 4.78 is 17.5. The lowest BCUT2D eigenvalue weighted by atomic mass is 9.99. The number of nitrogens with one attached hydrogen (secondary N) is 1. The van der Waals surface area contributed by atoms with Gasteiger partial charge in [0.15, 0.2) is 5.82 Å². The van der Waals surface area contributed by atoms with E-state index in [1.165, 1.54) is 0 Å². The highest BCUT2D eigenvalue weighted by molar-refractivity contribution is 7.18. The van der Waals surface area contributed by atoms with E-state index in [1.807, 2.05) is 25.4 Å². The summed E-state index contributed by atoms with van der Waals surface area (Å²) in [5.74, 6) is 0.212. The maximum Gasteiger partial charge on any atom is 0.150 e. The fourth-order valence-electron chi connectivity index (χ4n) is 3.74. The topological polar surface area (TPSA) is 42.7 Å². The molecule has 1 N–H and O–H groups in total. The zero-order chi connectivity index (χ0) is 17.7. The van der Waals surface area contributed by atoms with Gasteiger partial charge in [-0.3, -0.25) is 4.68 Å². The van der Waals surface area contributed by atoms with Gasteiger partial charge in [-0.25, -0.2) is 9.37 Å². The highest BCUT2D eigenvalue weighted by Gasteiger charge is 2.20. The molecule has 3 heterocycles. The summed E-state index contributed by atoms with van der Waals surface area (Å²) in [5.41, 5.74) is 3.35. The van der Waals surface area contributed by atoms with Gasteiger partial charge in [0.2, 0.25) is 0 Å². The fraction of sp³-hybridized carbons (Fsp3) is 0.300. The third kappa shape index (κ3) is 3.33. The van der Waals surface area contributed by atoms with Crippen LogP contribution in [0.25, 0.3) is 32.2 Å². The van der Waals surface area contributed by atoms with Crippen LogP contribution in [-0.2, 0) is 7.05 Å². The first-order valence-corrected chi connectivity index (χ1v) is 9.73. The first-order chi connectivity index (χ1) is 12.7. The van der Waals surface area contributed by atoms with Gasteiger partial charge < -0.3 is 5.32 Å². The maximum atomic E-state index is 14.7. The van der Waals surface area contributed by atoms with E-state index >= 15 is 0 Å². The fourth-order valence-corrected chi connectivity index (χ4v) is 4.93. The number of benzene rings is 2. The van der Waals surface area contributed by atoms with Crippen molar-refractivity contribution in [2.75, 3.05) is 13.1 Å². The Hall–Kier alpha value is -2.02. The molecule has 0 unspecified atom stereocenters. The minimum Gasteiger partial charge on any atom is -0.317 e. The number of nitrogens with zero attached hydrogens (tertiary/aromatic N) is 3. The average Bonchev–Trinajstić information content (AvgIpc) is 3.24. The standard InChI is InChI=1S/C20H19FN4S.ClH/c1-25-11-15-8-13(2-3-17(15)24-25)14-9-16(21)19-18(10-14)26-20(23-19)12-4-6-22-7-5-12;/h2-3,8-12,22H,4-7H2,1H3;1H. The molecule has 0 atom stereocenters. The minimum atomic E-state index is -0.236. The van der Waals surface area contributed by atoms with Crippen LogP contribution in [0.3, 0.4) is 0 Å². The van der Waals surface area contributed by atoms with Gasteiger partial charge >= 0.3 is 0 Å². The predicted octanol–water partition coefficient (Wildman–Crippen LogP) is 4.88. The van der Waals surface area contributed by atoms with Crippen LogP contribution in [0.5, 0.6) is 0 Å². The Morgan fingerprint density at radius 1 is 1.15 bits per heavy atom. The molecule has 0 saturated carbocycles. The molecule has 1 fully saturated rings. The zero-order valence-electron chi connectivity index (χ0n) is 14.9. The molecule has 2 aromatic heterocycles. The maximum absolute atomic E-state index is 14.7. The molecule has 27 heavy (non-hydrogen) atoms.